The molecule has 0 aliphatic rings. The van der Waals surface area contributed by atoms with E-state index in [0.717, 1.165) is 12.1 Å². The lowest BCUT2D eigenvalue weighted by Crippen LogP contribution is -2.33. The van der Waals surface area contributed by atoms with Crippen molar-refractivity contribution in [3.8, 4) is 0 Å². The molecular weight excluding hydrogens is 219 g/mol. The molecule has 16 heavy (non-hydrogen) atoms. The molecule has 0 bridgehead atoms. The Morgan fingerprint density at radius 3 is 2.62 bits per heavy atom. The van der Waals surface area contributed by atoms with E-state index in [9.17, 15) is 13.2 Å². The predicted molar refractivity (Wildman–Crippen MR) is 55.0 cm³/mol. The first-order valence-corrected chi connectivity index (χ1v) is 4.90. The molecule has 0 fully saturated rings. The number of hydrogen-bond acceptors (Lipinski definition) is 2. The van der Waals surface area contributed by atoms with Crippen molar-refractivity contribution in [2.24, 2.45) is 0 Å². The Morgan fingerprint density at radius 1 is 1.31 bits per heavy atom. The number of hydrogen-bond donors (Lipinski definition) is 1. The van der Waals surface area contributed by atoms with Crippen molar-refractivity contribution in [3.63, 3.8) is 0 Å². The van der Waals surface area contributed by atoms with Crippen LogP contribution in [0.25, 0.3) is 0 Å². The Balaban J connectivity index is 2.59. The second kappa shape index (κ2) is 5.86. The maximum atomic E-state index is 13.5. The summed E-state index contributed by atoms with van der Waals surface area (Å²) in [5.41, 5.74) is -0.583. The van der Waals surface area contributed by atoms with E-state index in [2.05, 4.69) is 5.32 Å². The number of rotatable bonds is 6. The van der Waals surface area contributed by atoms with Gasteiger partial charge in [-0.05, 0) is 6.07 Å². The zero-order chi connectivity index (χ0) is 12.0. The fourth-order valence-electron chi connectivity index (χ4n) is 1.27. The predicted octanol–water partition coefficient (Wildman–Crippen LogP) is 2.15. The van der Waals surface area contributed by atoms with Gasteiger partial charge in [-0.15, -0.1) is 0 Å². The van der Waals surface area contributed by atoms with Gasteiger partial charge in [0.25, 0.3) is 5.92 Å². The van der Waals surface area contributed by atoms with Crippen molar-refractivity contribution >= 4 is 0 Å². The van der Waals surface area contributed by atoms with E-state index in [1.165, 1.54) is 19.2 Å². The number of benzene rings is 1. The van der Waals surface area contributed by atoms with Crippen LogP contribution in [0.4, 0.5) is 13.2 Å². The summed E-state index contributed by atoms with van der Waals surface area (Å²) in [7, 11) is 1.48. The molecule has 0 unspecified atom stereocenters. The van der Waals surface area contributed by atoms with Gasteiger partial charge in [-0.2, -0.15) is 8.78 Å². The molecular formula is C11H14F3NO. The van der Waals surface area contributed by atoms with Gasteiger partial charge >= 0.3 is 0 Å². The minimum absolute atomic E-state index is 0.306. The zero-order valence-electron chi connectivity index (χ0n) is 8.97. The molecule has 0 radical (unpaired) electrons. The monoisotopic (exact) mass is 233 g/mol. The lowest BCUT2D eigenvalue weighted by Gasteiger charge is -2.17. The molecule has 1 rings (SSSR count). The molecule has 0 aliphatic carbocycles. The molecule has 0 aliphatic heterocycles. The number of methoxy groups -OCH3 is 1. The van der Waals surface area contributed by atoms with Crippen molar-refractivity contribution < 1.29 is 17.9 Å². The van der Waals surface area contributed by atoms with Crippen molar-refractivity contribution in [2.45, 2.75) is 5.92 Å². The minimum atomic E-state index is -3.21. The highest BCUT2D eigenvalue weighted by Crippen LogP contribution is 2.28. The average molecular weight is 233 g/mol. The van der Waals surface area contributed by atoms with E-state index in [1.54, 1.807) is 0 Å². The molecule has 0 aromatic heterocycles. The van der Waals surface area contributed by atoms with Gasteiger partial charge in [0.15, 0.2) is 0 Å². The number of nitrogens with one attached hydrogen (secondary N) is 1. The van der Waals surface area contributed by atoms with Crippen LogP contribution in [-0.2, 0) is 10.7 Å². The molecule has 0 saturated carbocycles. The zero-order valence-corrected chi connectivity index (χ0v) is 8.97. The van der Waals surface area contributed by atoms with Crippen molar-refractivity contribution in [2.75, 3.05) is 26.8 Å². The van der Waals surface area contributed by atoms with E-state index in [1.807, 2.05) is 0 Å². The van der Waals surface area contributed by atoms with Gasteiger partial charge in [0.2, 0.25) is 0 Å². The maximum Gasteiger partial charge on any atom is 0.288 e. The van der Waals surface area contributed by atoms with Crippen molar-refractivity contribution in [1.82, 2.24) is 5.32 Å². The summed E-state index contributed by atoms with van der Waals surface area (Å²) in [5.74, 6) is -4.10. The maximum absolute atomic E-state index is 13.5. The highest BCUT2D eigenvalue weighted by Gasteiger charge is 2.33. The van der Waals surface area contributed by atoms with Crippen LogP contribution in [-0.4, -0.2) is 26.8 Å². The molecule has 0 atom stereocenters. The lowest BCUT2D eigenvalue weighted by molar-refractivity contribution is -0.00751. The molecule has 1 N–H and O–H groups in total. The van der Waals surface area contributed by atoms with E-state index in [0.29, 0.717) is 13.2 Å². The van der Waals surface area contributed by atoms with Crippen LogP contribution in [0.1, 0.15) is 5.56 Å². The van der Waals surface area contributed by atoms with Crippen LogP contribution in [0.3, 0.4) is 0 Å². The quantitative estimate of drug-likeness (QED) is 0.760. The molecule has 1 aromatic carbocycles. The fourth-order valence-corrected chi connectivity index (χ4v) is 1.27. The summed E-state index contributed by atoms with van der Waals surface area (Å²) in [6, 6.07) is 4.89. The Morgan fingerprint density at radius 2 is 2.00 bits per heavy atom. The molecule has 5 heteroatoms. The molecule has 0 spiro atoms. The Bertz CT molecular complexity index is 331. The molecule has 0 saturated heterocycles. The second-order valence-corrected chi connectivity index (χ2v) is 3.35. The Hall–Kier alpha value is -1.07. The van der Waals surface area contributed by atoms with Gasteiger partial charge in [0.1, 0.15) is 5.82 Å². The molecule has 0 heterocycles. The molecule has 1 aromatic rings. The van der Waals surface area contributed by atoms with E-state index in [4.69, 9.17) is 4.74 Å². The van der Waals surface area contributed by atoms with Crippen molar-refractivity contribution in [1.29, 1.82) is 0 Å². The van der Waals surface area contributed by atoms with Gasteiger partial charge in [0, 0.05) is 13.7 Å². The number of ether oxygens (including phenoxy) is 1. The third kappa shape index (κ3) is 3.50. The number of alkyl halides is 2. The topological polar surface area (TPSA) is 21.3 Å². The SMILES string of the molecule is COCCNCC(F)(F)c1ccccc1F. The van der Waals surface area contributed by atoms with Crippen LogP contribution in [0.5, 0.6) is 0 Å². The van der Waals surface area contributed by atoms with Crippen LogP contribution >= 0.6 is 0 Å². The standard InChI is InChI=1S/C11H14F3NO/c1-16-7-6-15-8-11(13,14)9-4-2-3-5-10(9)12/h2-5,15H,6-8H2,1H3. The first-order valence-electron chi connectivity index (χ1n) is 4.90. The molecule has 90 valence electrons. The third-order valence-electron chi connectivity index (χ3n) is 2.10. The summed E-state index contributed by atoms with van der Waals surface area (Å²) < 4.78 is 44.8. The highest BCUT2D eigenvalue weighted by molar-refractivity contribution is 5.22. The minimum Gasteiger partial charge on any atom is -0.383 e. The normalized spacial score (nSPS) is 11.8. The van der Waals surface area contributed by atoms with E-state index in [-0.39, 0.29) is 0 Å². The van der Waals surface area contributed by atoms with E-state index >= 15 is 0 Å². The second-order valence-electron chi connectivity index (χ2n) is 3.35. The molecule has 0 amide bonds. The van der Waals surface area contributed by atoms with E-state index < -0.39 is 23.8 Å². The Kier molecular flexibility index (Phi) is 4.76. The average Bonchev–Trinajstić information content (AvgIpc) is 2.25. The highest BCUT2D eigenvalue weighted by atomic mass is 19.3. The van der Waals surface area contributed by atoms with Gasteiger partial charge in [-0.1, -0.05) is 18.2 Å². The fraction of sp³-hybridized carbons (Fsp3) is 0.455. The van der Waals surface area contributed by atoms with Crippen LogP contribution < -0.4 is 5.32 Å². The summed E-state index contributed by atoms with van der Waals surface area (Å²) in [4.78, 5) is 0. The van der Waals surface area contributed by atoms with Crippen molar-refractivity contribution in [3.05, 3.63) is 35.6 Å². The van der Waals surface area contributed by atoms with Crippen LogP contribution in [0.2, 0.25) is 0 Å². The van der Waals surface area contributed by atoms with Crippen LogP contribution in [0.15, 0.2) is 24.3 Å². The van der Waals surface area contributed by atoms with Gasteiger partial charge < -0.3 is 10.1 Å². The summed E-state index contributed by atoms with van der Waals surface area (Å²) in [6.45, 7) is 0.0468. The Labute approximate surface area is 92.4 Å². The third-order valence-corrected chi connectivity index (χ3v) is 2.10. The van der Waals surface area contributed by atoms with Crippen LogP contribution in [0, 0.1) is 5.82 Å². The van der Waals surface area contributed by atoms with Gasteiger partial charge in [-0.3, -0.25) is 0 Å². The summed E-state index contributed by atoms with van der Waals surface area (Å²) in [6.07, 6.45) is 0. The summed E-state index contributed by atoms with van der Waals surface area (Å²) in [5, 5.41) is 2.51. The smallest absolute Gasteiger partial charge is 0.288 e. The largest absolute Gasteiger partial charge is 0.383 e. The first-order chi connectivity index (χ1) is 7.58. The summed E-state index contributed by atoms with van der Waals surface area (Å²) >= 11 is 0. The van der Waals surface area contributed by atoms with Gasteiger partial charge in [-0.25, -0.2) is 4.39 Å². The molecule has 2 nitrogen and oxygen atoms in total. The number of halogens is 3. The lowest BCUT2D eigenvalue weighted by atomic mass is 10.1. The van der Waals surface area contributed by atoms with Gasteiger partial charge in [0.05, 0.1) is 18.7 Å². The first kappa shape index (κ1) is 13.0.